The van der Waals surface area contributed by atoms with Crippen molar-refractivity contribution >= 4 is 6.47 Å². The van der Waals surface area contributed by atoms with Crippen molar-refractivity contribution in [2.75, 3.05) is 13.1 Å². The van der Waals surface area contributed by atoms with Crippen LogP contribution in [0.4, 0.5) is 0 Å². The molecule has 7 fully saturated rings. The van der Waals surface area contributed by atoms with E-state index in [-0.39, 0.29) is 24.8 Å². The van der Waals surface area contributed by atoms with Crippen molar-refractivity contribution < 1.29 is 44.9 Å². The fourth-order valence-corrected chi connectivity index (χ4v) is 11.7. The number of aliphatic hydroxyl groups is 6. The molecule has 7 aliphatic rings. The summed E-state index contributed by atoms with van der Waals surface area (Å²) in [6, 6.07) is -0.159. The second-order valence-corrected chi connectivity index (χ2v) is 14.4. The lowest BCUT2D eigenvalue weighted by molar-refractivity contribution is -0.296. The van der Waals surface area contributed by atoms with Crippen LogP contribution in [0.3, 0.4) is 0 Å². The SMILES string of the molecule is CC1CCC2N(C1)CC1C(C(O)[C@H](O)[C@]3(OC=O)C1CC14OC5(O)C(O)CCC1(C)C5C[C@@H](O)C43)[C@]2(C)O. The van der Waals surface area contributed by atoms with Gasteiger partial charge in [0.05, 0.1) is 29.3 Å². The zero-order chi connectivity index (χ0) is 27.2. The lowest BCUT2D eigenvalue weighted by Crippen LogP contribution is -2.77. The Morgan fingerprint density at radius 2 is 1.79 bits per heavy atom. The minimum Gasteiger partial charge on any atom is -0.458 e. The molecule has 4 aliphatic carbocycles. The number of aliphatic hydroxyl groups excluding tert-OH is 4. The van der Waals surface area contributed by atoms with E-state index in [0.717, 1.165) is 19.4 Å². The van der Waals surface area contributed by atoms with E-state index in [4.69, 9.17) is 9.47 Å². The number of hydrogen-bond acceptors (Lipinski definition) is 10. The summed E-state index contributed by atoms with van der Waals surface area (Å²) < 4.78 is 12.5. The van der Waals surface area contributed by atoms with Gasteiger partial charge in [0.2, 0.25) is 0 Å². The number of piperidine rings is 2. The fraction of sp³-hybridized carbons (Fsp3) is 0.964. The molecule has 1 spiro atoms. The van der Waals surface area contributed by atoms with Gasteiger partial charge >= 0.3 is 0 Å². The predicted octanol–water partition coefficient (Wildman–Crippen LogP) is -0.633. The van der Waals surface area contributed by atoms with Gasteiger partial charge in [-0.3, -0.25) is 9.69 Å². The Morgan fingerprint density at radius 3 is 2.50 bits per heavy atom. The van der Waals surface area contributed by atoms with Crippen LogP contribution >= 0.6 is 0 Å². The van der Waals surface area contributed by atoms with E-state index in [1.54, 1.807) is 6.92 Å². The summed E-state index contributed by atoms with van der Waals surface area (Å²) in [4.78, 5) is 14.4. The molecule has 3 aliphatic heterocycles. The minimum absolute atomic E-state index is 0.119. The zero-order valence-electron chi connectivity index (χ0n) is 22.4. The van der Waals surface area contributed by atoms with Gasteiger partial charge in [-0.2, -0.15) is 0 Å². The summed E-state index contributed by atoms with van der Waals surface area (Å²) in [6.07, 6.45) is -2.14. The molecule has 10 heteroatoms. The molecule has 214 valence electrons. The van der Waals surface area contributed by atoms with E-state index >= 15 is 0 Å². The number of carbonyl (C=O) groups excluding carboxylic acids is 1. The average molecular weight is 538 g/mol. The minimum atomic E-state index is -1.85. The number of fused-ring (bicyclic) bond motifs is 5. The third-order valence-corrected chi connectivity index (χ3v) is 13.0. The summed E-state index contributed by atoms with van der Waals surface area (Å²) in [5.41, 5.74) is -4.81. The van der Waals surface area contributed by atoms with Gasteiger partial charge in [-0.15, -0.1) is 0 Å². The topological polar surface area (TPSA) is 160 Å². The third kappa shape index (κ3) is 2.66. The van der Waals surface area contributed by atoms with Crippen molar-refractivity contribution in [1.29, 1.82) is 0 Å². The van der Waals surface area contributed by atoms with Crippen LogP contribution in [-0.2, 0) is 14.3 Å². The molecular weight excluding hydrogens is 494 g/mol. The van der Waals surface area contributed by atoms with Gasteiger partial charge in [0, 0.05) is 42.3 Å². The Balaban J connectivity index is 1.41. The summed E-state index contributed by atoms with van der Waals surface area (Å²) in [5.74, 6) is -4.43. The van der Waals surface area contributed by atoms with Crippen molar-refractivity contribution in [2.24, 2.45) is 40.9 Å². The van der Waals surface area contributed by atoms with Crippen molar-refractivity contribution in [3.8, 4) is 0 Å². The molecule has 7 rings (SSSR count). The third-order valence-electron chi connectivity index (χ3n) is 13.0. The summed E-state index contributed by atoms with van der Waals surface area (Å²) >= 11 is 0. The number of carbonyl (C=O) groups is 1. The first kappa shape index (κ1) is 26.1. The monoisotopic (exact) mass is 537 g/mol. The Morgan fingerprint density at radius 1 is 1.05 bits per heavy atom. The highest BCUT2D eigenvalue weighted by atomic mass is 16.7. The first-order valence-electron chi connectivity index (χ1n) is 14.5. The van der Waals surface area contributed by atoms with E-state index in [1.807, 2.05) is 6.92 Å². The maximum atomic E-state index is 12.1. The van der Waals surface area contributed by atoms with Gasteiger partial charge in [-0.1, -0.05) is 13.8 Å². The molecule has 6 N–H and O–H groups in total. The van der Waals surface area contributed by atoms with Gasteiger partial charge in [0.25, 0.3) is 6.47 Å². The van der Waals surface area contributed by atoms with Crippen LogP contribution in [0.1, 0.15) is 59.3 Å². The van der Waals surface area contributed by atoms with E-state index < -0.39 is 76.1 Å². The fourth-order valence-electron chi connectivity index (χ4n) is 11.7. The molecule has 4 saturated carbocycles. The normalized spacial score (nSPS) is 64.8. The highest BCUT2D eigenvalue weighted by Crippen LogP contribution is 2.77. The van der Waals surface area contributed by atoms with Crippen LogP contribution in [0.5, 0.6) is 0 Å². The summed E-state index contributed by atoms with van der Waals surface area (Å²) in [5, 5.41) is 69.9. The van der Waals surface area contributed by atoms with Crippen molar-refractivity contribution in [3.63, 3.8) is 0 Å². The maximum absolute atomic E-state index is 12.1. The molecule has 0 amide bonds. The van der Waals surface area contributed by atoms with Gasteiger partial charge in [-0.25, -0.2) is 0 Å². The molecule has 0 aromatic carbocycles. The van der Waals surface area contributed by atoms with Crippen LogP contribution in [-0.4, -0.2) is 108 Å². The summed E-state index contributed by atoms with van der Waals surface area (Å²) in [7, 11) is 0. The highest BCUT2D eigenvalue weighted by molar-refractivity contribution is 5.43. The second kappa shape index (κ2) is 7.70. The van der Waals surface area contributed by atoms with Crippen molar-refractivity contribution in [3.05, 3.63) is 0 Å². The van der Waals surface area contributed by atoms with Crippen LogP contribution in [0.15, 0.2) is 0 Å². The highest BCUT2D eigenvalue weighted by Gasteiger charge is 2.87. The Hall–Kier alpha value is -0.850. The Labute approximate surface area is 222 Å². The smallest absolute Gasteiger partial charge is 0.293 e. The molecule has 0 radical (unpaired) electrons. The van der Waals surface area contributed by atoms with E-state index in [9.17, 15) is 35.4 Å². The van der Waals surface area contributed by atoms with Crippen molar-refractivity contribution in [2.45, 2.75) is 112 Å². The molecule has 0 aromatic rings. The lowest BCUT2D eigenvalue weighted by atomic mass is 9.49. The first-order chi connectivity index (χ1) is 17.8. The molecule has 3 heterocycles. The van der Waals surface area contributed by atoms with Crippen LogP contribution in [0.25, 0.3) is 0 Å². The zero-order valence-corrected chi connectivity index (χ0v) is 22.4. The van der Waals surface area contributed by atoms with E-state index in [0.29, 0.717) is 31.8 Å². The second-order valence-electron chi connectivity index (χ2n) is 14.4. The van der Waals surface area contributed by atoms with Crippen LogP contribution in [0.2, 0.25) is 0 Å². The number of ether oxygens (including phenoxy) is 2. The predicted molar refractivity (Wildman–Crippen MR) is 131 cm³/mol. The largest absolute Gasteiger partial charge is 0.458 e. The van der Waals surface area contributed by atoms with Gasteiger partial charge < -0.3 is 40.1 Å². The molecular formula is C28H43NO9. The molecule has 12 unspecified atom stereocenters. The standard InChI is InChI=1S/C28H43NO9/c1-13-4-5-18-25(3,35)20-14(11-29(18)10-13)15-9-26-22(27(15,37-12-30)23(34)21(20)33)16(31)8-17-24(26,2)7-6-19(32)28(17,36)38-26/h12-23,31-36H,4-11H2,1-3H3/t13?,14?,15?,16-,17?,18?,19?,20?,21?,22?,23+,24?,25-,26?,27+,28?/m1/s1. The first-order valence-corrected chi connectivity index (χ1v) is 14.5. The molecule has 16 atom stereocenters. The van der Waals surface area contributed by atoms with E-state index in [2.05, 4.69) is 11.8 Å². The van der Waals surface area contributed by atoms with Crippen molar-refractivity contribution in [1.82, 2.24) is 4.90 Å². The Kier molecular flexibility index (Phi) is 5.29. The van der Waals surface area contributed by atoms with Gasteiger partial charge in [-0.05, 0) is 57.3 Å². The average Bonchev–Trinajstić information content (AvgIpc) is 3.16. The number of hydrogen-bond donors (Lipinski definition) is 6. The number of nitrogens with zero attached hydrogens (tertiary/aromatic N) is 1. The quantitative estimate of drug-likeness (QED) is 0.250. The molecule has 3 saturated heterocycles. The molecule has 38 heavy (non-hydrogen) atoms. The van der Waals surface area contributed by atoms with Crippen LogP contribution in [0, 0.1) is 40.9 Å². The molecule has 0 aromatic heterocycles. The van der Waals surface area contributed by atoms with E-state index in [1.165, 1.54) is 0 Å². The van der Waals surface area contributed by atoms with Gasteiger partial charge in [0.15, 0.2) is 11.4 Å². The maximum Gasteiger partial charge on any atom is 0.293 e. The molecule has 4 bridgehead atoms. The van der Waals surface area contributed by atoms with Crippen LogP contribution < -0.4 is 0 Å². The molecule has 10 nitrogen and oxygen atoms in total. The Bertz CT molecular complexity index is 1030. The summed E-state index contributed by atoms with van der Waals surface area (Å²) in [6.45, 7) is 7.62. The lowest BCUT2D eigenvalue weighted by Gasteiger charge is -2.64. The van der Waals surface area contributed by atoms with Gasteiger partial charge in [0.1, 0.15) is 12.2 Å². The number of rotatable bonds is 2.